The van der Waals surface area contributed by atoms with E-state index in [0.29, 0.717) is 6.54 Å². The maximum Gasteiger partial charge on any atom is 0.255 e. The van der Waals surface area contributed by atoms with Gasteiger partial charge < -0.3 is 5.73 Å². The molecule has 4 heteroatoms. The number of nitrogens with two attached hydrogens (primary N) is 1. The van der Waals surface area contributed by atoms with E-state index in [1.807, 2.05) is 30.3 Å². The zero-order valence-electron chi connectivity index (χ0n) is 9.04. The molecule has 0 aliphatic carbocycles. The number of hydrogen-bond acceptors (Lipinski definition) is 3. The second-order valence-electron chi connectivity index (χ2n) is 3.79. The van der Waals surface area contributed by atoms with Gasteiger partial charge in [0.1, 0.15) is 0 Å². The molecular weight excluding hydrogens is 202 g/mol. The van der Waals surface area contributed by atoms with Crippen molar-refractivity contribution in [3.05, 3.63) is 30.3 Å². The Morgan fingerprint density at radius 2 is 2.06 bits per heavy atom. The summed E-state index contributed by atoms with van der Waals surface area (Å²) in [5.41, 5.74) is 6.25. The Kier molecular flexibility index (Phi) is 3.31. The average Bonchev–Trinajstić information content (AvgIpc) is 2.69. The largest absolute Gasteiger partial charge is 0.330 e. The fourth-order valence-corrected chi connectivity index (χ4v) is 1.72. The van der Waals surface area contributed by atoms with Crippen LogP contribution in [0.2, 0.25) is 0 Å². The molecule has 0 fully saturated rings. The average molecular weight is 217 g/mol. The van der Waals surface area contributed by atoms with Crippen LogP contribution in [-0.2, 0) is 4.79 Å². The molecule has 2 N–H and O–H groups in total. The summed E-state index contributed by atoms with van der Waals surface area (Å²) in [4.78, 5) is 12.0. The van der Waals surface area contributed by atoms with Crippen LogP contribution in [0, 0.1) is 5.92 Å². The van der Waals surface area contributed by atoms with Gasteiger partial charge >= 0.3 is 0 Å². The highest BCUT2D eigenvalue weighted by Gasteiger charge is 2.28. The highest BCUT2D eigenvalue weighted by molar-refractivity contribution is 6.07. The second kappa shape index (κ2) is 4.90. The van der Waals surface area contributed by atoms with Crippen molar-refractivity contribution >= 4 is 17.8 Å². The van der Waals surface area contributed by atoms with Crippen molar-refractivity contribution in [2.75, 3.05) is 11.6 Å². The molecule has 0 aromatic heterocycles. The van der Waals surface area contributed by atoms with Crippen LogP contribution in [0.15, 0.2) is 35.4 Å². The number of nitrogens with zero attached hydrogens (tertiary/aromatic N) is 2. The first-order valence-corrected chi connectivity index (χ1v) is 5.46. The monoisotopic (exact) mass is 217 g/mol. The number of anilines is 1. The highest BCUT2D eigenvalue weighted by Crippen LogP contribution is 2.22. The van der Waals surface area contributed by atoms with Gasteiger partial charge in [-0.1, -0.05) is 18.2 Å². The molecule has 0 radical (unpaired) electrons. The molecule has 2 rings (SSSR count). The minimum Gasteiger partial charge on any atom is -0.330 e. The van der Waals surface area contributed by atoms with Gasteiger partial charge in [-0.25, -0.2) is 5.01 Å². The van der Waals surface area contributed by atoms with Gasteiger partial charge in [0.15, 0.2) is 0 Å². The van der Waals surface area contributed by atoms with Crippen LogP contribution in [0.5, 0.6) is 0 Å². The van der Waals surface area contributed by atoms with E-state index in [4.69, 9.17) is 5.73 Å². The third kappa shape index (κ3) is 2.12. The second-order valence-corrected chi connectivity index (χ2v) is 3.79. The van der Waals surface area contributed by atoms with E-state index >= 15 is 0 Å². The summed E-state index contributed by atoms with van der Waals surface area (Å²) >= 11 is 0. The lowest BCUT2D eigenvalue weighted by atomic mass is 10.0. The van der Waals surface area contributed by atoms with E-state index < -0.39 is 0 Å². The molecule has 0 saturated carbocycles. The molecule has 16 heavy (non-hydrogen) atoms. The minimum absolute atomic E-state index is 0.0413. The molecule has 1 aromatic rings. The van der Waals surface area contributed by atoms with Gasteiger partial charge in [-0.2, -0.15) is 5.10 Å². The fourth-order valence-electron chi connectivity index (χ4n) is 1.72. The van der Waals surface area contributed by atoms with Crippen molar-refractivity contribution in [2.24, 2.45) is 16.8 Å². The summed E-state index contributed by atoms with van der Waals surface area (Å²) in [6.45, 7) is 0.614. The van der Waals surface area contributed by atoms with Crippen LogP contribution in [-0.4, -0.2) is 18.7 Å². The lowest BCUT2D eigenvalue weighted by molar-refractivity contribution is -0.119. The van der Waals surface area contributed by atoms with E-state index in [9.17, 15) is 4.79 Å². The lowest BCUT2D eigenvalue weighted by Crippen LogP contribution is -2.26. The molecule has 1 aromatic carbocycles. The molecule has 84 valence electrons. The fraction of sp³-hybridized carbons (Fsp3) is 0.333. The SMILES string of the molecule is NCCCC1C=NN(c2ccccc2)C1=O. The quantitative estimate of drug-likeness (QED) is 0.828. The predicted octanol–water partition coefficient (Wildman–Crippen LogP) is 1.37. The van der Waals surface area contributed by atoms with Crippen LogP contribution in [0.3, 0.4) is 0 Å². The molecule has 1 atom stereocenters. The van der Waals surface area contributed by atoms with Gasteiger partial charge in [0.2, 0.25) is 0 Å². The number of amides is 1. The van der Waals surface area contributed by atoms with Crippen LogP contribution < -0.4 is 10.7 Å². The van der Waals surface area contributed by atoms with E-state index in [0.717, 1.165) is 18.5 Å². The van der Waals surface area contributed by atoms with E-state index in [1.54, 1.807) is 6.21 Å². The molecule has 0 bridgehead atoms. The van der Waals surface area contributed by atoms with Crippen LogP contribution in [0.25, 0.3) is 0 Å². The molecule has 1 amide bonds. The zero-order chi connectivity index (χ0) is 11.4. The van der Waals surface area contributed by atoms with E-state index in [1.165, 1.54) is 5.01 Å². The summed E-state index contributed by atoms with van der Waals surface area (Å²) in [5.74, 6) is -0.0663. The first kappa shape index (κ1) is 10.8. The minimum atomic E-state index is -0.108. The van der Waals surface area contributed by atoms with Gasteiger partial charge in [-0.15, -0.1) is 0 Å². The summed E-state index contributed by atoms with van der Waals surface area (Å²) in [6.07, 6.45) is 3.35. The number of carbonyl (C=O) groups excluding carboxylic acids is 1. The molecule has 1 heterocycles. The first-order valence-electron chi connectivity index (χ1n) is 5.46. The number of hydrazone groups is 1. The van der Waals surface area contributed by atoms with Gasteiger partial charge in [0.05, 0.1) is 11.6 Å². The van der Waals surface area contributed by atoms with Crippen molar-refractivity contribution in [1.29, 1.82) is 0 Å². The summed E-state index contributed by atoms with van der Waals surface area (Å²) in [7, 11) is 0. The normalized spacial score (nSPS) is 19.4. The Bertz CT molecular complexity index is 389. The number of hydrogen-bond donors (Lipinski definition) is 1. The third-order valence-corrected chi connectivity index (χ3v) is 2.61. The summed E-state index contributed by atoms with van der Waals surface area (Å²) in [5, 5.41) is 5.60. The topological polar surface area (TPSA) is 58.7 Å². The first-order chi connectivity index (χ1) is 7.83. The van der Waals surface area contributed by atoms with Crippen LogP contribution >= 0.6 is 0 Å². The molecule has 1 aliphatic rings. The molecule has 1 unspecified atom stereocenters. The smallest absolute Gasteiger partial charge is 0.255 e. The van der Waals surface area contributed by atoms with Crippen LogP contribution in [0.1, 0.15) is 12.8 Å². The Morgan fingerprint density at radius 3 is 2.75 bits per heavy atom. The Balaban J connectivity index is 2.06. The highest BCUT2D eigenvalue weighted by atomic mass is 16.2. The zero-order valence-corrected chi connectivity index (χ0v) is 9.04. The van der Waals surface area contributed by atoms with Gasteiger partial charge in [0.25, 0.3) is 5.91 Å². The van der Waals surface area contributed by atoms with Crippen molar-refractivity contribution in [3.63, 3.8) is 0 Å². The van der Waals surface area contributed by atoms with Gasteiger partial charge in [0, 0.05) is 6.21 Å². The predicted molar refractivity (Wildman–Crippen MR) is 64.2 cm³/mol. The molecule has 1 aliphatic heterocycles. The lowest BCUT2D eigenvalue weighted by Gasteiger charge is -2.13. The van der Waals surface area contributed by atoms with Crippen molar-refractivity contribution in [3.8, 4) is 0 Å². The summed E-state index contributed by atoms with van der Waals surface area (Å²) in [6, 6.07) is 9.46. The maximum absolute atomic E-state index is 12.0. The van der Waals surface area contributed by atoms with Crippen molar-refractivity contribution in [1.82, 2.24) is 0 Å². The molecule has 0 saturated heterocycles. The number of benzene rings is 1. The Hall–Kier alpha value is -1.68. The van der Waals surface area contributed by atoms with E-state index in [2.05, 4.69) is 5.10 Å². The van der Waals surface area contributed by atoms with Gasteiger partial charge in [-0.05, 0) is 31.5 Å². The number of para-hydroxylation sites is 1. The van der Waals surface area contributed by atoms with Gasteiger partial charge in [-0.3, -0.25) is 4.79 Å². The van der Waals surface area contributed by atoms with Crippen molar-refractivity contribution in [2.45, 2.75) is 12.8 Å². The molecular formula is C12H15N3O. The third-order valence-electron chi connectivity index (χ3n) is 2.61. The number of rotatable bonds is 4. The van der Waals surface area contributed by atoms with E-state index in [-0.39, 0.29) is 11.8 Å². The Labute approximate surface area is 94.7 Å². The maximum atomic E-state index is 12.0. The molecule has 0 spiro atoms. The Morgan fingerprint density at radius 1 is 1.31 bits per heavy atom. The number of carbonyl (C=O) groups is 1. The van der Waals surface area contributed by atoms with Crippen LogP contribution in [0.4, 0.5) is 5.69 Å². The molecule has 4 nitrogen and oxygen atoms in total. The summed E-state index contributed by atoms with van der Waals surface area (Å²) < 4.78 is 0. The van der Waals surface area contributed by atoms with Crippen molar-refractivity contribution < 1.29 is 4.79 Å². The standard InChI is InChI=1S/C12H15N3O/c13-8-4-5-10-9-14-15(12(10)16)11-6-2-1-3-7-11/h1-3,6-7,9-10H,4-5,8,13H2.